The Hall–Kier alpha value is -2.88. The zero-order chi connectivity index (χ0) is 26.5. The number of hydrogen-bond donors (Lipinski definition) is 2. The molecule has 194 valence electrons. The van der Waals surface area contributed by atoms with Crippen LogP contribution in [0.2, 0.25) is 5.02 Å². The van der Waals surface area contributed by atoms with E-state index in [2.05, 4.69) is 52.6 Å². The van der Waals surface area contributed by atoms with E-state index in [9.17, 15) is 8.42 Å². The third kappa shape index (κ3) is 6.46. The van der Waals surface area contributed by atoms with Crippen molar-refractivity contribution < 1.29 is 13.2 Å². The number of methoxy groups -OCH3 is 1. The average molecular weight is 532 g/mol. The second kappa shape index (κ2) is 11.9. The van der Waals surface area contributed by atoms with Crippen molar-refractivity contribution in [3.63, 3.8) is 0 Å². The highest BCUT2D eigenvalue weighted by Gasteiger charge is 2.23. The molecule has 8 nitrogen and oxygen atoms in total. The summed E-state index contributed by atoms with van der Waals surface area (Å²) in [5.74, 6) is 1.27. The van der Waals surface area contributed by atoms with E-state index in [4.69, 9.17) is 16.3 Å². The standard InChI is InChI=1S/C26H34ClN5O3S/c1-7-18-15-23(35-6)22(14-19(18)12-13-32(4)5)30-26-28-16-20(27)25(31-26)29-21-10-8-9-11-24(21)36(33,34)17(2)3/h8-11,14-17H,7,12-13H2,1-6H3,(H2,28,29,30,31). The van der Waals surface area contributed by atoms with Gasteiger partial charge in [0.1, 0.15) is 10.8 Å². The molecule has 0 amide bonds. The number of hydrogen-bond acceptors (Lipinski definition) is 8. The van der Waals surface area contributed by atoms with E-state index in [0.717, 1.165) is 25.1 Å². The Morgan fingerprint density at radius 1 is 1.08 bits per heavy atom. The molecule has 3 aromatic rings. The molecule has 0 aliphatic rings. The first-order chi connectivity index (χ1) is 17.1. The molecule has 3 rings (SSSR count). The van der Waals surface area contributed by atoms with E-state index in [1.807, 2.05) is 6.07 Å². The number of aromatic nitrogens is 2. The Labute approximate surface area is 219 Å². The number of halogens is 1. The lowest BCUT2D eigenvalue weighted by Crippen LogP contribution is -2.16. The first-order valence-electron chi connectivity index (χ1n) is 11.8. The van der Waals surface area contributed by atoms with Crippen LogP contribution in [0.25, 0.3) is 0 Å². The van der Waals surface area contributed by atoms with Gasteiger partial charge in [0.2, 0.25) is 5.95 Å². The normalized spacial score (nSPS) is 11.7. The van der Waals surface area contributed by atoms with Crippen LogP contribution in [0.1, 0.15) is 31.9 Å². The van der Waals surface area contributed by atoms with E-state index >= 15 is 0 Å². The van der Waals surface area contributed by atoms with Crippen molar-refractivity contribution in [3.05, 3.63) is 58.7 Å². The maximum atomic E-state index is 12.9. The van der Waals surface area contributed by atoms with Gasteiger partial charge in [-0.2, -0.15) is 4.98 Å². The van der Waals surface area contributed by atoms with E-state index in [-0.39, 0.29) is 15.7 Å². The van der Waals surface area contributed by atoms with Gasteiger partial charge >= 0.3 is 0 Å². The summed E-state index contributed by atoms with van der Waals surface area (Å²) >= 11 is 6.38. The highest BCUT2D eigenvalue weighted by molar-refractivity contribution is 7.92. The lowest BCUT2D eigenvalue weighted by Gasteiger charge is -2.18. The van der Waals surface area contributed by atoms with Crippen molar-refractivity contribution in [2.75, 3.05) is 38.4 Å². The van der Waals surface area contributed by atoms with Crippen LogP contribution in [-0.4, -0.2) is 56.3 Å². The molecule has 0 radical (unpaired) electrons. The van der Waals surface area contributed by atoms with Crippen LogP contribution in [0.4, 0.5) is 23.1 Å². The van der Waals surface area contributed by atoms with Gasteiger partial charge in [-0.3, -0.25) is 0 Å². The highest BCUT2D eigenvalue weighted by Crippen LogP contribution is 2.33. The summed E-state index contributed by atoms with van der Waals surface area (Å²) in [6, 6.07) is 10.8. The van der Waals surface area contributed by atoms with Crippen LogP contribution in [0.5, 0.6) is 5.75 Å². The second-order valence-electron chi connectivity index (χ2n) is 8.96. The number of anilines is 4. The predicted octanol–water partition coefficient (Wildman–Crippen LogP) is 5.47. The second-order valence-corrected chi connectivity index (χ2v) is 11.8. The molecule has 0 bridgehead atoms. The van der Waals surface area contributed by atoms with Gasteiger partial charge in [-0.1, -0.05) is 30.7 Å². The number of rotatable bonds is 11. The number of aryl methyl sites for hydroxylation is 1. The van der Waals surface area contributed by atoms with Crippen molar-refractivity contribution in [3.8, 4) is 5.75 Å². The summed E-state index contributed by atoms with van der Waals surface area (Å²) in [6.07, 6.45) is 3.26. The summed E-state index contributed by atoms with van der Waals surface area (Å²) in [6.45, 7) is 6.34. The predicted molar refractivity (Wildman–Crippen MR) is 147 cm³/mol. The number of para-hydroxylation sites is 1. The first kappa shape index (κ1) is 27.7. The van der Waals surface area contributed by atoms with Crippen molar-refractivity contribution in [1.82, 2.24) is 14.9 Å². The number of nitrogens with one attached hydrogen (secondary N) is 2. The first-order valence-corrected chi connectivity index (χ1v) is 13.7. The van der Waals surface area contributed by atoms with Crippen LogP contribution in [-0.2, 0) is 22.7 Å². The molecule has 0 atom stereocenters. The van der Waals surface area contributed by atoms with Crippen LogP contribution < -0.4 is 15.4 Å². The summed E-state index contributed by atoms with van der Waals surface area (Å²) in [5, 5.41) is 6.01. The van der Waals surface area contributed by atoms with Crippen molar-refractivity contribution in [2.24, 2.45) is 0 Å². The van der Waals surface area contributed by atoms with Gasteiger partial charge in [0.05, 0.1) is 34.8 Å². The van der Waals surface area contributed by atoms with E-state index < -0.39 is 15.1 Å². The Morgan fingerprint density at radius 3 is 2.44 bits per heavy atom. The van der Waals surface area contributed by atoms with E-state index in [1.54, 1.807) is 45.2 Å². The monoisotopic (exact) mass is 531 g/mol. The molecule has 0 fully saturated rings. The molecule has 1 aromatic heterocycles. The van der Waals surface area contributed by atoms with Crippen molar-refractivity contribution in [2.45, 2.75) is 43.8 Å². The minimum Gasteiger partial charge on any atom is -0.495 e. The molecular formula is C26H34ClN5O3S. The quantitative estimate of drug-likeness (QED) is 0.336. The fourth-order valence-corrected chi connectivity index (χ4v) is 5.01. The Kier molecular flexibility index (Phi) is 9.16. The zero-order valence-electron chi connectivity index (χ0n) is 21.6. The molecule has 1 heterocycles. The van der Waals surface area contributed by atoms with Gasteiger partial charge in [-0.25, -0.2) is 13.4 Å². The summed E-state index contributed by atoms with van der Waals surface area (Å²) in [7, 11) is 2.21. The number of ether oxygens (including phenoxy) is 1. The lowest BCUT2D eigenvalue weighted by molar-refractivity contribution is 0.410. The van der Waals surface area contributed by atoms with Crippen LogP contribution in [0.3, 0.4) is 0 Å². The molecule has 0 aliphatic carbocycles. The minimum absolute atomic E-state index is 0.187. The zero-order valence-corrected chi connectivity index (χ0v) is 23.2. The third-order valence-corrected chi connectivity index (χ3v) is 8.28. The summed E-state index contributed by atoms with van der Waals surface area (Å²) in [4.78, 5) is 11.2. The Bertz CT molecular complexity index is 1310. The minimum atomic E-state index is -3.52. The van der Waals surface area contributed by atoms with E-state index in [1.165, 1.54) is 17.3 Å². The summed E-state index contributed by atoms with van der Waals surface area (Å²) in [5.41, 5.74) is 3.57. The summed E-state index contributed by atoms with van der Waals surface area (Å²) < 4.78 is 31.3. The van der Waals surface area contributed by atoms with Gasteiger partial charge in [0.15, 0.2) is 15.7 Å². The fraction of sp³-hybridized carbons (Fsp3) is 0.385. The largest absolute Gasteiger partial charge is 0.495 e. The molecule has 0 saturated carbocycles. The number of likely N-dealkylation sites (N-methyl/N-ethyl adjacent to an activating group) is 1. The maximum Gasteiger partial charge on any atom is 0.229 e. The average Bonchev–Trinajstić information content (AvgIpc) is 2.84. The van der Waals surface area contributed by atoms with Crippen LogP contribution in [0, 0.1) is 0 Å². The van der Waals surface area contributed by atoms with Gasteiger partial charge in [0.25, 0.3) is 0 Å². The molecule has 0 spiro atoms. The molecule has 2 aromatic carbocycles. The molecule has 36 heavy (non-hydrogen) atoms. The maximum absolute atomic E-state index is 12.9. The van der Waals surface area contributed by atoms with Crippen LogP contribution in [0.15, 0.2) is 47.5 Å². The topological polar surface area (TPSA) is 96.4 Å². The van der Waals surface area contributed by atoms with Gasteiger partial charge in [-0.05, 0) is 76.2 Å². The molecule has 0 unspecified atom stereocenters. The molecule has 0 aliphatic heterocycles. The van der Waals surface area contributed by atoms with Crippen molar-refractivity contribution in [1.29, 1.82) is 0 Å². The SMILES string of the molecule is CCc1cc(OC)c(Nc2ncc(Cl)c(Nc3ccccc3S(=O)(=O)C(C)C)n2)cc1CCN(C)C. The van der Waals surface area contributed by atoms with E-state index in [0.29, 0.717) is 17.4 Å². The lowest BCUT2D eigenvalue weighted by atomic mass is 10.0. The molecule has 0 saturated heterocycles. The molecule has 2 N–H and O–H groups in total. The van der Waals surface area contributed by atoms with Gasteiger partial charge in [-0.15, -0.1) is 0 Å². The highest BCUT2D eigenvalue weighted by atomic mass is 35.5. The smallest absolute Gasteiger partial charge is 0.229 e. The van der Waals surface area contributed by atoms with Crippen LogP contribution >= 0.6 is 11.6 Å². The fourth-order valence-electron chi connectivity index (χ4n) is 3.67. The Balaban J connectivity index is 1.96. The molecule has 10 heteroatoms. The van der Waals surface area contributed by atoms with Crippen molar-refractivity contribution >= 4 is 44.6 Å². The van der Waals surface area contributed by atoms with Gasteiger partial charge in [0, 0.05) is 6.54 Å². The van der Waals surface area contributed by atoms with Gasteiger partial charge < -0.3 is 20.3 Å². The molecular weight excluding hydrogens is 498 g/mol. The number of benzene rings is 2. The Morgan fingerprint density at radius 2 is 1.81 bits per heavy atom. The third-order valence-electron chi connectivity index (χ3n) is 5.79. The number of nitrogens with zero attached hydrogens (tertiary/aromatic N) is 3. The number of sulfone groups is 1.